The summed E-state index contributed by atoms with van der Waals surface area (Å²) in [4.78, 5) is 31.7. The van der Waals surface area contributed by atoms with Gasteiger partial charge in [0.1, 0.15) is 5.56 Å². The maximum absolute atomic E-state index is 12.6. The first-order valence-corrected chi connectivity index (χ1v) is 8.58. The molecule has 1 aromatic heterocycles. The Bertz CT molecular complexity index is 751. The van der Waals surface area contributed by atoms with Crippen LogP contribution in [0.3, 0.4) is 0 Å². The quantitative estimate of drug-likeness (QED) is 0.855. The van der Waals surface area contributed by atoms with E-state index in [-0.39, 0.29) is 23.1 Å². The highest BCUT2D eigenvalue weighted by atomic mass is 16.2. The Morgan fingerprint density at radius 2 is 1.84 bits per heavy atom. The van der Waals surface area contributed by atoms with Crippen LogP contribution in [0.5, 0.6) is 0 Å². The normalized spacial score (nSPS) is 17.2. The summed E-state index contributed by atoms with van der Waals surface area (Å²) in [6.07, 6.45) is 1.53. The van der Waals surface area contributed by atoms with Gasteiger partial charge >= 0.3 is 0 Å². The fourth-order valence-corrected chi connectivity index (χ4v) is 3.04. The van der Waals surface area contributed by atoms with Gasteiger partial charge in [0.25, 0.3) is 11.5 Å². The summed E-state index contributed by atoms with van der Waals surface area (Å²) in [7, 11) is 2.12. The van der Waals surface area contributed by atoms with Crippen molar-refractivity contribution in [2.75, 3.05) is 39.8 Å². The standard InChI is InChI=1S/C19H24N4O2/c1-22-10-12-23(13-11-22)14-17(15-6-3-2-4-7-15)21-19(25)16-8-5-9-20-18(16)24/h2-9,17H,10-14H2,1H3,(H,20,24)(H,21,25). The Labute approximate surface area is 147 Å². The van der Waals surface area contributed by atoms with Crippen molar-refractivity contribution in [2.45, 2.75) is 6.04 Å². The van der Waals surface area contributed by atoms with Crippen molar-refractivity contribution in [3.8, 4) is 0 Å². The smallest absolute Gasteiger partial charge is 0.260 e. The molecule has 6 nitrogen and oxygen atoms in total. The van der Waals surface area contributed by atoms with Gasteiger partial charge in [-0.3, -0.25) is 14.5 Å². The third-order valence-electron chi connectivity index (χ3n) is 4.61. The largest absolute Gasteiger partial charge is 0.344 e. The van der Waals surface area contributed by atoms with Crippen LogP contribution in [0, 0.1) is 0 Å². The van der Waals surface area contributed by atoms with Gasteiger partial charge in [0.15, 0.2) is 0 Å². The van der Waals surface area contributed by atoms with Crippen molar-refractivity contribution in [1.82, 2.24) is 20.1 Å². The summed E-state index contributed by atoms with van der Waals surface area (Å²) < 4.78 is 0. The number of aromatic amines is 1. The lowest BCUT2D eigenvalue weighted by Crippen LogP contribution is -2.48. The van der Waals surface area contributed by atoms with E-state index < -0.39 is 0 Å². The van der Waals surface area contributed by atoms with E-state index in [1.54, 1.807) is 12.1 Å². The van der Waals surface area contributed by atoms with Crippen LogP contribution >= 0.6 is 0 Å². The van der Waals surface area contributed by atoms with Gasteiger partial charge < -0.3 is 15.2 Å². The highest BCUT2D eigenvalue weighted by Gasteiger charge is 2.22. The average Bonchev–Trinajstić information content (AvgIpc) is 2.64. The van der Waals surface area contributed by atoms with Crippen LogP contribution in [0.2, 0.25) is 0 Å². The molecule has 1 atom stereocenters. The van der Waals surface area contributed by atoms with E-state index >= 15 is 0 Å². The van der Waals surface area contributed by atoms with E-state index in [1.165, 1.54) is 6.20 Å². The summed E-state index contributed by atoms with van der Waals surface area (Å²) >= 11 is 0. The zero-order chi connectivity index (χ0) is 17.6. The second-order valence-electron chi connectivity index (χ2n) is 6.45. The number of nitrogens with zero attached hydrogens (tertiary/aromatic N) is 2. The molecule has 0 aliphatic carbocycles. The molecule has 3 rings (SSSR count). The van der Waals surface area contributed by atoms with Gasteiger partial charge in [-0.2, -0.15) is 0 Å². The lowest BCUT2D eigenvalue weighted by Gasteiger charge is -2.35. The van der Waals surface area contributed by atoms with Gasteiger partial charge in [0, 0.05) is 38.9 Å². The monoisotopic (exact) mass is 340 g/mol. The number of carbonyl (C=O) groups excluding carboxylic acids is 1. The first-order valence-electron chi connectivity index (χ1n) is 8.58. The maximum Gasteiger partial charge on any atom is 0.260 e. The lowest BCUT2D eigenvalue weighted by atomic mass is 10.1. The van der Waals surface area contributed by atoms with Crippen molar-refractivity contribution in [1.29, 1.82) is 0 Å². The zero-order valence-corrected chi connectivity index (χ0v) is 14.4. The molecule has 2 aromatic rings. The Morgan fingerprint density at radius 1 is 1.12 bits per heavy atom. The van der Waals surface area contributed by atoms with E-state index in [1.807, 2.05) is 30.3 Å². The summed E-state index contributed by atoms with van der Waals surface area (Å²) in [5.74, 6) is -0.343. The number of hydrogen-bond acceptors (Lipinski definition) is 4. The third-order valence-corrected chi connectivity index (χ3v) is 4.61. The van der Waals surface area contributed by atoms with Gasteiger partial charge in [-0.25, -0.2) is 0 Å². The van der Waals surface area contributed by atoms with Gasteiger partial charge in [-0.1, -0.05) is 30.3 Å². The number of carbonyl (C=O) groups is 1. The Kier molecular flexibility index (Phi) is 5.63. The first kappa shape index (κ1) is 17.4. The van der Waals surface area contributed by atoms with Gasteiger partial charge in [-0.15, -0.1) is 0 Å². The summed E-state index contributed by atoms with van der Waals surface area (Å²) in [5.41, 5.74) is 0.815. The number of amides is 1. The topological polar surface area (TPSA) is 68.4 Å². The number of rotatable bonds is 5. The van der Waals surface area contributed by atoms with Gasteiger partial charge in [0.05, 0.1) is 6.04 Å². The number of nitrogens with one attached hydrogen (secondary N) is 2. The second kappa shape index (κ2) is 8.09. The second-order valence-corrected chi connectivity index (χ2v) is 6.45. The molecule has 2 N–H and O–H groups in total. The number of aromatic nitrogens is 1. The van der Waals surface area contributed by atoms with Crippen LogP contribution in [0.1, 0.15) is 22.0 Å². The van der Waals surface area contributed by atoms with E-state index in [0.717, 1.165) is 38.3 Å². The SMILES string of the molecule is CN1CCN(CC(NC(=O)c2ccc[nH]c2=O)c2ccccc2)CC1. The van der Waals surface area contributed by atoms with E-state index in [0.29, 0.717) is 0 Å². The first-order chi connectivity index (χ1) is 12.1. The van der Waals surface area contributed by atoms with E-state index in [4.69, 9.17) is 0 Å². The minimum Gasteiger partial charge on any atom is -0.344 e. The van der Waals surface area contributed by atoms with Crippen molar-refractivity contribution in [3.05, 3.63) is 70.1 Å². The van der Waals surface area contributed by atoms with Crippen LogP contribution in [-0.4, -0.2) is 60.5 Å². The van der Waals surface area contributed by atoms with Crippen LogP contribution in [-0.2, 0) is 0 Å². The van der Waals surface area contributed by atoms with Crippen LogP contribution in [0.25, 0.3) is 0 Å². The number of H-pyrrole nitrogens is 1. The molecule has 0 spiro atoms. The highest BCUT2D eigenvalue weighted by molar-refractivity contribution is 5.94. The summed E-state index contributed by atoms with van der Waals surface area (Å²) in [5, 5.41) is 3.03. The third kappa shape index (κ3) is 4.55. The Balaban J connectivity index is 1.76. The average molecular weight is 340 g/mol. The van der Waals surface area contributed by atoms with Crippen molar-refractivity contribution in [3.63, 3.8) is 0 Å². The molecule has 1 amide bonds. The molecule has 1 saturated heterocycles. The van der Waals surface area contributed by atoms with Gasteiger partial charge in [-0.05, 0) is 24.7 Å². The van der Waals surface area contributed by atoms with Crippen LogP contribution in [0.4, 0.5) is 0 Å². The number of likely N-dealkylation sites (N-methyl/N-ethyl adjacent to an activating group) is 1. The molecule has 6 heteroatoms. The molecular formula is C19H24N4O2. The zero-order valence-electron chi connectivity index (χ0n) is 14.4. The molecule has 1 unspecified atom stereocenters. The molecule has 132 valence electrons. The van der Waals surface area contributed by atoms with E-state index in [2.05, 4.69) is 27.1 Å². The van der Waals surface area contributed by atoms with Gasteiger partial charge in [0.2, 0.25) is 0 Å². The number of pyridine rings is 1. The van der Waals surface area contributed by atoms with Crippen LogP contribution in [0.15, 0.2) is 53.5 Å². The molecular weight excluding hydrogens is 316 g/mol. The lowest BCUT2D eigenvalue weighted by molar-refractivity contribution is 0.0905. The fraction of sp³-hybridized carbons (Fsp3) is 0.368. The molecule has 1 fully saturated rings. The molecule has 0 radical (unpaired) electrons. The predicted molar refractivity (Wildman–Crippen MR) is 97.6 cm³/mol. The van der Waals surface area contributed by atoms with E-state index in [9.17, 15) is 9.59 Å². The minimum atomic E-state index is -0.369. The minimum absolute atomic E-state index is 0.141. The molecule has 1 aliphatic heterocycles. The molecule has 1 aliphatic rings. The molecule has 2 heterocycles. The fourth-order valence-electron chi connectivity index (χ4n) is 3.04. The molecule has 0 bridgehead atoms. The van der Waals surface area contributed by atoms with Crippen molar-refractivity contribution >= 4 is 5.91 Å². The summed E-state index contributed by atoms with van der Waals surface area (Å²) in [6.45, 7) is 4.72. The van der Waals surface area contributed by atoms with Crippen molar-refractivity contribution in [2.24, 2.45) is 0 Å². The van der Waals surface area contributed by atoms with Crippen molar-refractivity contribution < 1.29 is 4.79 Å². The number of hydrogen-bond donors (Lipinski definition) is 2. The number of benzene rings is 1. The predicted octanol–water partition coefficient (Wildman–Crippen LogP) is 1.09. The molecule has 1 aromatic carbocycles. The molecule has 25 heavy (non-hydrogen) atoms. The summed E-state index contributed by atoms with van der Waals surface area (Å²) in [6, 6.07) is 13.0. The van der Waals surface area contributed by atoms with Crippen LogP contribution < -0.4 is 10.9 Å². The number of piperazine rings is 1. The Morgan fingerprint density at radius 3 is 2.52 bits per heavy atom. The Hall–Kier alpha value is -2.44. The highest BCUT2D eigenvalue weighted by Crippen LogP contribution is 2.16. The molecule has 0 saturated carbocycles. The maximum atomic E-state index is 12.6.